The average molecular weight is 492 g/mol. The molecule has 0 fully saturated rings. The molecule has 0 amide bonds. The van der Waals surface area contributed by atoms with Gasteiger partial charge in [-0.2, -0.15) is 5.26 Å². The van der Waals surface area contributed by atoms with E-state index in [-0.39, 0.29) is 6.61 Å². The molecule has 0 atom stereocenters. The summed E-state index contributed by atoms with van der Waals surface area (Å²) >= 11 is 2.89. The van der Waals surface area contributed by atoms with E-state index in [1.165, 1.54) is 22.7 Å². The minimum absolute atomic E-state index is 0.0264. The topological polar surface area (TPSA) is 119 Å². The van der Waals surface area contributed by atoms with Crippen LogP contribution in [-0.2, 0) is 0 Å². The largest absolute Gasteiger partial charge is 0.497 e. The van der Waals surface area contributed by atoms with Crippen LogP contribution in [0.1, 0.15) is 6.42 Å². The summed E-state index contributed by atoms with van der Waals surface area (Å²) in [5.41, 5.74) is 2.37. The molecule has 0 aliphatic heterocycles. The predicted molar refractivity (Wildman–Crippen MR) is 135 cm³/mol. The van der Waals surface area contributed by atoms with Gasteiger partial charge in [0.25, 0.3) is 0 Å². The van der Waals surface area contributed by atoms with Gasteiger partial charge in [0.05, 0.1) is 42.3 Å². The van der Waals surface area contributed by atoms with Crippen LogP contribution < -0.4 is 9.64 Å². The number of nitriles is 1. The molecule has 9 nitrogen and oxygen atoms in total. The van der Waals surface area contributed by atoms with Gasteiger partial charge in [-0.25, -0.2) is 4.98 Å². The van der Waals surface area contributed by atoms with Crippen LogP contribution in [-0.4, -0.2) is 36.9 Å². The molecule has 0 spiro atoms. The molecule has 172 valence electrons. The number of fused-ring (bicyclic) bond motifs is 1. The van der Waals surface area contributed by atoms with E-state index in [2.05, 4.69) is 31.5 Å². The summed E-state index contributed by atoms with van der Waals surface area (Å²) in [6.45, 7) is 1.06. The number of anilines is 1. The van der Waals surface area contributed by atoms with Gasteiger partial charge < -0.3 is 14.7 Å². The molecule has 2 aromatic carbocycles. The summed E-state index contributed by atoms with van der Waals surface area (Å²) in [5, 5.41) is 36.5. The summed E-state index contributed by atoms with van der Waals surface area (Å²) < 4.78 is 6.13. The van der Waals surface area contributed by atoms with Crippen molar-refractivity contribution >= 4 is 59.4 Å². The Hall–Kier alpha value is -3.72. The van der Waals surface area contributed by atoms with Crippen molar-refractivity contribution in [2.24, 2.45) is 20.5 Å². The second-order valence-electron chi connectivity index (χ2n) is 6.98. The number of ether oxygens (including phenoxy) is 1. The molecule has 0 radical (unpaired) electrons. The molecular formula is C23H21N7O2S2. The summed E-state index contributed by atoms with van der Waals surface area (Å²) in [6, 6.07) is 19.0. The van der Waals surface area contributed by atoms with Crippen molar-refractivity contribution in [3.05, 3.63) is 54.6 Å². The van der Waals surface area contributed by atoms with E-state index < -0.39 is 0 Å². The van der Waals surface area contributed by atoms with Crippen LogP contribution in [0.3, 0.4) is 0 Å². The lowest BCUT2D eigenvalue weighted by atomic mass is 10.2. The molecule has 34 heavy (non-hydrogen) atoms. The number of aliphatic hydroxyl groups excluding tert-OH is 1. The summed E-state index contributed by atoms with van der Waals surface area (Å²) in [5.74, 6) is 0.775. The zero-order valence-electron chi connectivity index (χ0n) is 18.3. The highest BCUT2D eigenvalue weighted by Gasteiger charge is 2.09. The highest BCUT2D eigenvalue weighted by Crippen LogP contribution is 2.39. The molecule has 1 N–H and O–H groups in total. The van der Waals surface area contributed by atoms with Crippen molar-refractivity contribution in [1.82, 2.24) is 4.98 Å². The lowest BCUT2D eigenvalue weighted by molar-refractivity contribution is 0.302. The number of methoxy groups -OCH3 is 1. The maximum Gasteiger partial charge on any atom is 0.231 e. The summed E-state index contributed by atoms with van der Waals surface area (Å²) in [6.07, 6.45) is 0.396. The van der Waals surface area contributed by atoms with Crippen molar-refractivity contribution in [3.8, 4) is 11.8 Å². The van der Waals surface area contributed by atoms with Crippen molar-refractivity contribution in [2.45, 2.75) is 6.42 Å². The van der Waals surface area contributed by atoms with Crippen molar-refractivity contribution in [1.29, 1.82) is 5.26 Å². The first-order valence-electron chi connectivity index (χ1n) is 10.4. The Morgan fingerprint density at radius 2 is 1.68 bits per heavy atom. The Morgan fingerprint density at radius 1 is 0.971 bits per heavy atom. The fourth-order valence-corrected chi connectivity index (χ4v) is 4.92. The van der Waals surface area contributed by atoms with E-state index in [1.54, 1.807) is 7.11 Å². The highest BCUT2D eigenvalue weighted by atomic mass is 32.1. The first-order valence-corrected chi connectivity index (χ1v) is 12.0. The zero-order chi connectivity index (χ0) is 23.8. The van der Waals surface area contributed by atoms with Crippen LogP contribution in [0, 0.1) is 11.3 Å². The predicted octanol–water partition coefficient (Wildman–Crippen LogP) is 6.91. The molecular weight excluding hydrogens is 470 g/mol. The van der Waals surface area contributed by atoms with Gasteiger partial charge in [0.1, 0.15) is 15.6 Å². The Labute approximate surface area is 204 Å². The first-order chi connectivity index (χ1) is 16.7. The molecule has 0 aliphatic carbocycles. The number of azo groups is 2. The monoisotopic (exact) mass is 491 g/mol. The number of hydrogen-bond donors (Lipinski definition) is 1. The average Bonchev–Trinajstić information content (AvgIpc) is 3.43. The second-order valence-corrected chi connectivity index (χ2v) is 9.00. The molecule has 0 bridgehead atoms. The molecule has 11 heteroatoms. The minimum Gasteiger partial charge on any atom is -0.497 e. The van der Waals surface area contributed by atoms with Gasteiger partial charge in [-0.05, 0) is 54.6 Å². The molecule has 2 heterocycles. The van der Waals surface area contributed by atoms with E-state index in [9.17, 15) is 5.11 Å². The summed E-state index contributed by atoms with van der Waals surface area (Å²) in [4.78, 5) is 7.33. The minimum atomic E-state index is 0.0264. The third-order valence-electron chi connectivity index (χ3n) is 4.73. The normalized spacial score (nSPS) is 11.4. The van der Waals surface area contributed by atoms with Gasteiger partial charge in [0, 0.05) is 18.8 Å². The maximum absolute atomic E-state index is 9.24. The standard InChI is InChI=1S/C23H21N7O2S2/c1-32-19-9-5-17(6-10-19)26-28-21-15-20-22(34-21)25-23(33-20)29-27-16-3-7-18(8-4-16)30(13-14-31)12-2-11-24/h3-10,15,31H,2,12-14H2,1H3. The molecule has 4 rings (SSSR count). The van der Waals surface area contributed by atoms with Crippen molar-refractivity contribution in [3.63, 3.8) is 0 Å². The molecule has 0 saturated carbocycles. The van der Waals surface area contributed by atoms with Gasteiger partial charge >= 0.3 is 0 Å². The third-order valence-corrected chi connectivity index (χ3v) is 6.66. The molecule has 0 unspecified atom stereocenters. The van der Waals surface area contributed by atoms with E-state index >= 15 is 0 Å². The van der Waals surface area contributed by atoms with Crippen LogP contribution in [0.15, 0.2) is 75.1 Å². The van der Waals surface area contributed by atoms with Gasteiger partial charge in [-0.1, -0.05) is 22.7 Å². The van der Waals surface area contributed by atoms with Crippen LogP contribution >= 0.6 is 22.7 Å². The maximum atomic E-state index is 9.24. The molecule has 0 aliphatic rings. The number of rotatable bonds is 10. The molecule has 2 aromatic heterocycles. The van der Waals surface area contributed by atoms with Crippen molar-refractivity contribution in [2.75, 3.05) is 31.7 Å². The Morgan fingerprint density at radius 3 is 2.32 bits per heavy atom. The molecule has 0 saturated heterocycles. The number of thiazole rings is 1. The van der Waals surface area contributed by atoms with E-state index in [0.717, 1.165) is 31.7 Å². The quantitative estimate of drug-likeness (QED) is 0.242. The SMILES string of the molecule is COc1ccc(N=Nc2cc3sc(N=Nc4ccc(N(CCO)CCC#N)cc4)nc3s2)cc1. The smallest absolute Gasteiger partial charge is 0.231 e. The number of hydrogen-bond acceptors (Lipinski definition) is 11. The highest BCUT2D eigenvalue weighted by molar-refractivity contribution is 7.30. The van der Waals surface area contributed by atoms with Crippen LogP contribution in [0.2, 0.25) is 0 Å². The van der Waals surface area contributed by atoms with Crippen LogP contribution in [0.25, 0.3) is 9.53 Å². The Bertz CT molecular complexity index is 1290. The fourth-order valence-electron chi connectivity index (χ4n) is 3.07. The number of benzene rings is 2. The third kappa shape index (κ3) is 5.99. The van der Waals surface area contributed by atoms with E-state index in [1.807, 2.05) is 59.5 Å². The van der Waals surface area contributed by atoms with E-state index in [0.29, 0.717) is 30.3 Å². The van der Waals surface area contributed by atoms with E-state index in [4.69, 9.17) is 10.00 Å². The second kappa shape index (κ2) is 11.4. The summed E-state index contributed by atoms with van der Waals surface area (Å²) in [7, 11) is 1.62. The van der Waals surface area contributed by atoms with Crippen LogP contribution in [0.4, 0.5) is 27.2 Å². The van der Waals surface area contributed by atoms with Gasteiger partial charge in [0.2, 0.25) is 5.13 Å². The fraction of sp³-hybridized carbons (Fsp3) is 0.217. The molecule has 4 aromatic rings. The Kier molecular flexibility index (Phi) is 7.87. The van der Waals surface area contributed by atoms with Crippen molar-refractivity contribution < 1.29 is 9.84 Å². The first kappa shape index (κ1) is 23.4. The Balaban J connectivity index is 1.40. The van der Waals surface area contributed by atoms with Gasteiger partial charge in [0.15, 0.2) is 0 Å². The van der Waals surface area contributed by atoms with Crippen LogP contribution in [0.5, 0.6) is 5.75 Å². The number of aliphatic hydroxyl groups is 1. The van der Waals surface area contributed by atoms with Gasteiger partial charge in [-0.3, -0.25) is 0 Å². The zero-order valence-corrected chi connectivity index (χ0v) is 20.0. The van der Waals surface area contributed by atoms with Gasteiger partial charge in [-0.15, -0.1) is 20.5 Å². The number of nitrogens with zero attached hydrogens (tertiary/aromatic N) is 7. The lowest BCUT2D eigenvalue weighted by Gasteiger charge is -2.22. The number of thiophene rings is 1. The number of aromatic nitrogens is 1. The lowest BCUT2D eigenvalue weighted by Crippen LogP contribution is -2.27.